The number of hydrogen-bond acceptors (Lipinski definition) is 3. The number of rotatable bonds is 3. The summed E-state index contributed by atoms with van der Waals surface area (Å²) in [7, 11) is 0. The van der Waals surface area contributed by atoms with Crippen molar-refractivity contribution in [2.24, 2.45) is 5.73 Å². The summed E-state index contributed by atoms with van der Waals surface area (Å²) in [5.41, 5.74) is 11.0. The van der Waals surface area contributed by atoms with Crippen molar-refractivity contribution in [1.82, 2.24) is 9.88 Å². The van der Waals surface area contributed by atoms with Crippen LogP contribution in [0.3, 0.4) is 0 Å². The number of aryl methyl sites for hydroxylation is 1. The van der Waals surface area contributed by atoms with Gasteiger partial charge in [0.15, 0.2) is 0 Å². The molecule has 6 nitrogen and oxygen atoms in total. The van der Waals surface area contributed by atoms with E-state index in [0.29, 0.717) is 36.3 Å². The Morgan fingerprint density at radius 3 is 2.70 bits per heavy atom. The van der Waals surface area contributed by atoms with Crippen molar-refractivity contribution < 1.29 is 14.0 Å². The predicted octanol–water partition coefficient (Wildman–Crippen LogP) is 3.18. The summed E-state index contributed by atoms with van der Waals surface area (Å²) in [5.74, 6) is -0.565. The minimum atomic E-state index is -0.391. The molecule has 0 saturated carbocycles. The van der Waals surface area contributed by atoms with Gasteiger partial charge in [0.25, 0.3) is 5.91 Å². The molecule has 1 fully saturated rings. The molecule has 1 aromatic carbocycles. The first kappa shape index (κ1) is 22.1. The first-order valence-electron chi connectivity index (χ1n) is 9.88. The van der Waals surface area contributed by atoms with Crippen LogP contribution in [0.2, 0.25) is 0 Å². The molecule has 4 rings (SSSR count). The molecule has 2 aliphatic rings. The summed E-state index contributed by atoms with van der Waals surface area (Å²) in [6.07, 6.45) is 3.71. The van der Waals surface area contributed by atoms with E-state index in [1.165, 1.54) is 12.1 Å². The quantitative estimate of drug-likeness (QED) is 0.650. The molecule has 2 aliphatic heterocycles. The van der Waals surface area contributed by atoms with Crippen LogP contribution in [0.25, 0.3) is 11.6 Å². The Hall–Kier alpha value is -2.64. The lowest BCUT2D eigenvalue weighted by Gasteiger charge is -2.30. The molecule has 30 heavy (non-hydrogen) atoms. The Balaban J connectivity index is 0.00000256. The number of hydrogen-bond donors (Lipinski definition) is 3. The normalized spacial score (nSPS) is 17.7. The zero-order chi connectivity index (χ0) is 20.7. The molecule has 0 radical (unpaired) electrons. The molecular formula is C22H26ClFN4O2. The van der Waals surface area contributed by atoms with Gasteiger partial charge in [-0.05, 0) is 62.1 Å². The monoisotopic (exact) mass is 432 g/mol. The van der Waals surface area contributed by atoms with Gasteiger partial charge >= 0.3 is 0 Å². The number of carbonyl (C=O) groups excluding carboxylic acids is 2. The number of piperidine rings is 1. The number of likely N-dealkylation sites (tertiary alicyclic amines) is 1. The Morgan fingerprint density at radius 2 is 2.00 bits per heavy atom. The van der Waals surface area contributed by atoms with Crippen LogP contribution < -0.4 is 11.1 Å². The van der Waals surface area contributed by atoms with Crippen molar-refractivity contribution in [2.75, 3.05) is 18.4 Å². The molecule has 4 N–H and O–H groups in total. The smallest absolute Gasteiger partial charge is 0.256 e. The summed E-state index contributed by atoms with van der Waals surface area (Å²) in [4.78, 5) is 30.3. The van der Waals surface area contributed by atoms with E-state index in [1.54, 1.807) is 12.1 Å². The first-order valence-corrected chi connectivity index (χ1v) is 9.88. The van der Waals surface area contributed by atoms with Gasteiger partial charge in [-0.2, -0.15) is 0 Å². The summed E-state index contributed by atoms with van der Waals surface area (Å²) in [5, 5.41) is 2.76. The third kappa shape index (κ3) is 4.13. The van der Waals surface area contributed by atoms with Gasteiger partial charge in [-0.3, -0.25) is 9.59 Å². The zero-order valence-corrected chi connectivity index (χ0v) is 17.9. The molecule has 0 unspecified atom stereocenters. The average molecular weight is 433 g/mol. The molecular weight excluding hydrogens is 407 g/mol. The third-order valence-electron chi connectivity index (χ3n) is 5.91. The van der Waals surface area contributed by atoms with E-state index in [-0.39, 0.29) is 30.3 Å². The Morgan fingerprint density at radius 1 is 1.30 bits per heavy atom. The topological polar surface area (TPSA) is 91.2 Å². The van der Waals surface area contributed by atoms with E-state index >= 15 is 0 Å². The van der Waals surface area contributed by atoms with Crippen LogP contribution in [0, 0.1) is 19.7 Å². The van der Waals surface area contributed by atoms with Gasteiger partial charge in [0.2, 0.25) is 5.91 Å². The van der Waals surface area contributed by atoms with Crippen molar-refractivity contribution in [1.29, 1.82) is 0 Å². The van der Waals surface area contributed by atoms with Crippen LogP contribution in [-0.4, -0.2) is 40.8 Å². The van der Waals surface area contributed by atoms with Crippen LogP contribution in [0.5, 0.6) is 0 Å². The molecule has 160 valence electrons. The average Bonchev–Trinajstić information content (AvgIpc) is 3.13. The number of nitrogens with zero attached hydrogens (tertiary/aromatic N) is 1. The lowest BCUT2D eigenvalue weighted by Crippen LogP contribution is -2.43. The number of aromatic nitrogens is 1. The van der Waals surface area contributed by atoms with Crippen molar-refractivity contribution in [3.63, 3.8) is 0 Å². The number of carbonyl (C=O) groups is 2. The van der Waals surface area contributed by atoms with Crippen LogP contribution in [0.1, 0.15) is 40.9 Å². The molecule has 1 aromatic heterocycles. The maximum Gasteiger partial charge on any atom is 0.256 e. The van der Waals surface area contributed by atoms with Gasteiger partial charge in [0, 0.05) is 41.8 Å². The standard InChI is InChI=1S/C22H25FN4O2.ClH/c1-12-16(11-21(28)27-7-5-15(24)6-8-27)13(2)25-20(12)10-18-17-9-14(23)3-4-19(17)26-22(18)29;/h3-4,9-10,15,25H,5-8,11,24H2,1-2H3,(H,26,29);1H/b18-10-;. The number of benzene rings is 1. The first-order chi connectivity index (χ1) is 13.8. The molecule has 2 aromatic rings. The SMILES string of the molecule is Cc1[nH]c(/C=C2\C(=O)Nc3ccc(F)cc32)c(C)c1CC(=O)N1CCC(N)CC1.Cl. The molecule has 0 atom stereocenters. The number of halogens is 2. The third-order valence-corrected chi connectivity index (χ3v) is 5.91. The van der Waals surface area contributed by atoms with E-state index in [4.69, 9.17) is 5.73 Å². The second-order valence-electron chi connectivity index (χ2n) is 7.86. The summed E-state index contributed by atoms with van der Waals surface area (Å²) in [6.45, 7) is 5.25. The van der Waals surface area contributed by atoms with E-state index in [2.05, 4.69) is 10.3 Å². The highest BCUT2D eigenvalue weighted by molar-refractivity contribution is 6.34. The van der Waals surface area contributed by atoms with E-state index in [9.17, 15) is 14.0 Å². The van der Waals surface area contributed by atoms with Crippen molar-refractivity contribution in [3.8, 4) is 0 Å². The lowest BCUT2D eigenvalue weighted by molar-refractivity contribution is -0.131. The summed E-state index contributed by atoms with van der Waals surface area (Å²) >= 11 is 0. The van der Waals surface area contributed by atoms with E-state index in [1.807, 2.05) is 18.7 Å². The lowest BCUT2D eigenvalue weighted by atomic mass is 10.0. The fourth-order valence-corrected chi connectivity index (χ4v) is 4.08. The minimum absolute atomic E-state index is 0. The van der Waals surface area contributed by atoms with Gasteiger partial charge < -0.3 is 20.9 Å². The second-order valence-corrected chi connectivity index (χ2v) is 7.86. The predicted molar refractivity (Wildman–Crippen MR) is 118 cm³/mol. The fourth-order valence-electron chi connectivity index (χ4n) is 4.08. The van der Waals surface area contributed by atoms with Crippen molar-refractivity contribution in [3.05, 3.63) is 52.1 Å². The van der Waals surface area contributed by atoms with E-state index < -0.39 is 5.82 Å². The second kappa shape index (κ2) is 8.62. The van der Waals surface area contributed by atoms with Gasteiger partial charge in [0.05, 0.1) is 12.0 Å². The summed E-state index contributed by atoms with van der Waals surface area (Å²) < 4.78 is 13.7. The molecule has 0 bridgehead atoms. The fraction of sp³-hybridized carbons (Fsp3) is 0.364. The number of nitrogens with one attached hydrogen (secondary N) is 2. The number of fused-ring (bicyclic) bond motifs is 1. The highest BCUT2D eigenvalue weighted by Crippen LogP contribution is 2.34. The highest BCUT2D eigenvalue weighted by Gasteiger charge is 2.26. The zero-order valence-electron chi connectivity index (χ0n) is 17.0. The molecule has 2 amide bonds. The van der Waals surface area contributed by atoms with Gasteiger partial charge in [0.1, 0.15) is 5.82 Å². The Kier molecular flexibility index (Phi) is 6.33. The molecule has 0 aliphatic carbocycles. The summed E-state index contributed by atoms with van der Waals surface area (Å²) in [6, 6.07) is 4.42. The van der Waals surface area contributed by atoms with Crippen LogP contribution >= 0.6 is 12.4 Å². The molecule has 3 heterocycles. The van der Waals surface area contributed by atoms with Gasteiger partial charge in [-0.25, -0.2) is 4.39 Å². The van der Waals surface area contributed by atoms with Crippen LogP contribution in [0.15, 0.2) is 18.2 Å². The van der Waals surface area contributed by atoms with Crippen LogP contribution in [0.4, 0.5) is 10.1 Å². The number of nitrogens with two attached hydrogens (primary N) is 1. The Bertz CT molecular complexity index is 1020. The van der Waals surface area contributed by atoms with Crippen molar-refractivity contribution in [2.45, 2.75) is 39.2 Å². The van der Waals surface area contributed by atoms with Crippen molar-refractivity contribution >= 4 is 41.6 Å². The number of anilines is 1. The van der Waals surface area contributed by atoms with Crippen LogP contribution in [-0.2, 0) is 16.0 Å². The maximum atomic E-state index is 13.7. The maximum absolute atomic E-state index is 13.7. The molecule has 0 spiro atoms. The molecule has 8 heteroatoms. The number of aromatic amines is 1. The number of H-pyrrole nitrogens is 1. The van der Waals surface area contributed by atoms with Gasteiger partial charge in [-0.1, -0.05) is 0 Å². The largest absolute Gasteiger partial charge is 0.359 e. The molecule has 1 saturated heterocycles. The Labute approximate surface area is 181 Å². The van der Waals surface area contributed by atoms with E-state index in [0.717, 1.165) is 35.4 Å². The van der Waals surface area contributed by atoms with Gasteiger partial charge in [-0.15, -0.1) is 12.4 Å². The highest BCUT2D eigenvalue weighted by atomic mass is 35.5. The number of amides is 2. The minimum Gasteiger partial charge on any atom is -0.359 e.